The minimum absolute atomic E-state index is 0.132. The van der Waals surface area contributed by atoms with Crippen LogP contribution in [-0.2, 0) is 14.8 Å². The van der Waals surface area contributed by atoms with Gasteiger partial charge in [0.25, 0.3) is 10.0 Å². The smallest absolute Gasteiger partial charge is 0.410 e. The Balaban J connectivity index is 1.71. The van der Waals surface area contributed by atoms with Gasteiger partial charge in [0.1, 0.15) is 21.7 Å². The van der Waals surface area contributed by atoms with E-state index in [1.807, 2.05) is 0 Å². The number of hydrogen-bond acceptors (Lipinski definition) is 5. The summed E-state index contributed by atoms with van der Waals surface area (Å²) >= 11 is 0.844. The second-order valence-electron chi connectivity index (χ2n) is 8.39. The molecule has 1 amide bonds. The molecule has 1 aliphatic heterocycles. The number of nitrogens with one attached hydrogen (secondary N) is 1. The Hall–Kier alpha value is -2.18. The maximum atomic E-state index is 13.5. The second-order valence-corrected chi connectivity index (χ2v) is 11.4. The van der Waals surface area contributed by atoms with E-state index in [9.17, 15) is 30.8 Å². The van der Waals surface area contributed by atoms with Crippen LogP contribution in [0.4, 0.5) is 22.4 Å². The summed E-state index contributed by atoms with van der Waals surface area (Å²) in [5, 5.41) is 0. The van der Waals surface area contributed by atoms with Crippen LogP contribution in [0.1, 0.15) is 43.2 Å². The van der Waals surface area contributed by atoms with E-state index >= 15 is 0 Å². The molecule has 1 aromatic carbocycles. The highest BCUT2D eigenvalue weighted by Crippen LogP contribution is 2.37. The average molecular weight is 495 g/mol. The Kier molecular flexibility index (Phi) is 6.60. The predicted octanol–water partition coefficient (Wildman–Crippen LogP) is 4.80. The Morgan fingerprint density at radius 3 is 2.25 bits per heavy atom. The van der Waals surface area contributed by atoms with Gasteiger partial charge in [0.2, 0.25) is 0 Å². The number of halogens is 4. The summed E-state index contributed by atoms with van der Waals surface area (Å²) in [5.74, 6) is -0.867. The van der Waals surface area contributed by atoms with E-state index < -0.39 is 45.3 Å². The topological polar surface area (TPSA) is 75.7 Å². The maximum absolute atomic E-state index is 13.5. The largest absolute Gasteiger partial charge is 0.444 e. The van der Waals surface area contributed by atoms with Gasteiger partial charge in [-0.25, -0.2) is 17.6 Å². The lowest BCUT2D eigenvalue weighted by Crippen LogP contribution is -2.50. The lowest BCUT2D eigenvalue weighted by atomic mass is 9.99. The Bertz CT molecular complexity index is 1070. The zero-order valence-corrected chi connectivity index (χ0v) is 19.1. The summed E-state index contributed by atoms with van der Waals surface area (Å²) in [6.45, 7) is 5.87. The molecular formula is C20H22F4N2O4S2. The van der Waals surface area contributed by atoms with Crippen LogP contribution in [0.5, 0.6) is 0 Å². The van der Waals surface area contributed by atoms with Gasteiger partial charge in [0.05, 0.1) is 0 Å². The van der Waals surface area contributed by atoms with E-state index in [0.717, 1.165) is 35.6 Å². The monoisotopic (exact) mass is 494 g/mol. The number of sulfonamides is 1. The minimum Gasteiger partial charge on any atom is -0.444 e. The van der Waals surface area contributed by atoms with Gasteiger partial charge >= 0.3 is 12.3 Å². The molecule has 3 rings (SSSR count). The van der Waals surface area contributed by atoms with E-state index in [4.69, 9.17) is 4.74 Å². The number of thiophene rings is 1. The molecular weight excluding hydrogens is 472 g/mol. The number of rotatable bonds is 5. The molecule has 32 heavy (non-hydrogen) atoms. The van der Waals surface area contributed by atoms with Crippen LogP contribution in [0.3, 0.4) is 0 Å². The summed E-state index contributed by atoms with van der Waals surface area (Å²) in [5.41, 5.74) is -1.07. The first-order valence-electron chi connectivity index (χ1n) is 9.58. The average Bonchev–Trinajstić information content (AvgIpc) is 3.07. The van der Waals surface area contributed by atoms with Crippen molar-refractivity contribution >= 4 is 27.5 Å². The van der Waals surface area contributed by atoms with Gasteiger partial charge < -0.3 is 9.64 Å². The van der Waals surface area contributed by atoms with Crippen LogP contribution in [0.2, 0.25) is 0 Å². The number of carbonyl (C=O) groups is 1. The second kappa shape index (κ2) is 8.64. The molecule has 1 atom stereocenters. The van der Waals surface area contributed by atoms with Crippen molar-refractivity contribution in [3.63, 3.8) is 0 Å². The zero-order chi connectivity index (χ0) is 23.9. The Morgan fingerprint density at radius 2 is 1.72 bits per heavy atom. The van der Waals surface area contributed by atoms with Gasteiger partial charge in [0, 0.05) is 23.9 Å². The summed E-state index contributed by atoms with van der Waals surface area (Å²) in [4.78, 5) is 14.1. The van der Waals surface area contributed by atoms with E-state index in [1.54, 1.807) is 25.5 Å². The molecule has 2 aromatic rings. The van der Waals surface area contributed by atoms with Crippen LogP contribution < -0.4 is 4.72 Å². The molecule has 0 saturated carbocycles. The Morgan fingerprint density at radius 1 is 1.12 bits per heavy atom. The summed E-state index contributed by atoms with van der Waals surface area (Å²) in [6.07, 6.45) is -5.40. The first-order valence-corrected chi connectivity index (χ1v) is 11.9. The normalized spacial score (nSPS) is 16.5. The first kappa shape index (κ1) is 24.5. The number of amides is 1. The highest BCUT2D eigenvalue weighted by atomic mass is 32.2. The summed E-state index contributed by atoms with van der Waals surface area (Å²) < 4.78 is 85.6. The number of carbonyl (C=O) groups excluding carboxylic acids is 1. The van der Waals surface area contributed by atoms with E-state index in [-0.39, 0.29) is 10.1 Å². The molecule has 0 aliphatic carbocycles. The highest BCUT2D eigenvalue weighted by Gasteiger charge is 2.44. The molecule has 1 aliphatic rings. The molecule has 176 valence electrons. The highest BCUT2D eigenvalue weighted by molar-refractivity contribution is 7.91. The summed E-state index contributed by atoms with van der Waals surface area (Å²) in [6, 6.07) is 3.67. The molecule has 1 aromatic heterocycles. The molecule has 6 nitrogen and oxygen atoms in total. The van der Waals surface area contributed by atoms with Gasteiger partial charge in [-0.3, -0.25) is 0 Å². The van der Waals surface area contributed by atoms with Crippen molar-refractivity contribution in [1.29, 1.82) is 0 Å². The number of nitrogens with zero attached hydrogens (tertiary/aromatic N) is 1. The van der Waals surface area contributed by atoms with Crippen molar-refractivity contribution in [3.05, 3.63) is 52.7 Å². The molecule has 12 heteroatoms. The third-order valence-corrected chi connectivity index (χ3v) is 7.77. The molecule has 1 fully saturated rings. The van der Waals surface area contributed by atoms with Crippen molar-refractivity contribution in [3.8, 4) is 0 Å². The van der Waals surface area contributed by atoms with Crippen LogP contribution in [-0.4, -0.2) is 44.3 Å². The van der Waals surface area contributed by atoms with E-state index in [2.05, 4.69) is 0 Å². The predicted molar refractivity (Wildman–Crippen MR) is 110 cm³/mol. The SMILES string of the molecule is CC(C)(C)OC(=O)N1CC(c2ccc(S(=O)(=O)NC(c3ccc(F)cc3)C(F)(F)F)s2)C1. The fourth-order valence-electron chi connectivity index (χ4n) is 3.02. The molecule has 0 spiro atoms. The van der Waals surface area contributed by atoms with Crippen LogP contribution in [0, 0.1) is 5.82 Å². The summed E-state index contributed by atoms with van der Waals surface area (Å²) in [7, 11) is -4.50. The quantitative estimate of drug-likeness (QED) is 0.606. The number of ether oxygens (including phenoxy) is 1. The van der Waals surface area contributed by atoms with Crippen molar-refractivity contribution in [1.82, 2.24) is 9.62 Å². The fourth-order valence-corrected chi connectivity index (χ4v) is 5.66. The number of benzene rings is 1. The molecule has 0 radical (unpaired) electrons. The number of hydrogen-bond donors (Lipinski definition) is 1. The molecule has 1 unspecified atom stereocenters. The van der Waals surface area contributed by atoms with Gasteiger partial charge in [-0.2, -0.15) is 17.9 Å². The first-order chi connectivity index (χ1) is 14.7. The van der Waals surface area contributed by atoms with Gasteiger partial charge in [-0.1, -0.05) is 12.1 Å². The lowest BCUT2D eigenvalue weighted by Gasteiger charge is -2.39. The fraction of sp³-hybridized carbons (Fsp3) is 0.450. The number of likely N-dealkylation sites (tertiary alicyclic amines) is 1. The lowest BCUT2D eigenvalue weighted by molar-refractivity contribution is -0.153. The van der Waals surface area contributed by atoms with Crippen molar-refractivity contribution in [2.45, 2.75) is 48.7 Å². The molecule has 2 heterocycles. The van der Waals surface area contributed by atoms with Crippen molar-refractivity contribution < 1.29 is 35.5 Å². The van der Waals surface area contributed by atoms with E-state index in [0.29, 0.717) is 18.0 Å². The third kappa shape index (κ3) is 5.78. The molecule has 1 saturated heterocycles. The van der Waals surface area contributed by atoms with Gasteiger partial charge in [-0.05, 0) is 50.6 Å². The van der Waals surface area contributed by atoms with Crippen molar-refractivity contribution in [2.24, 2.45) is 0 Å². The molecule has 1 N–H and O–H groups in total. The van der Waals surface area contributed by atoms with Crippen molar-refractivity contribution in [2.75, 3.05) is 13.1 Å². The Labute approximate surface area is 187 Å². The van der Waals surface area contributed by atoms with Crippen LogP contribution >= 0.6 is 11.3 Å². The van der Waals surface area contributed by atoms with E-state index in [1.165, 1.54) is 17.0 Å². The van der Waals surface area contributed by atoms with Crippen LogP contribution in [0.25, 0.3) is 0 Å². The van der Waals surface area contributed by atoms with Crippen LogP contribution in [0.15, 0.2) is 40.6 Å². The standard InChI is InChI=1S/C20H22F4N2O4S2/c1-19(2,3)30-18(27)26-10-13(11-26)15-8-9-16(31-15)32(28,29)25-17(20(22,23)24)12-4-6-14(21)7-5-12/h4-9,13,17,25H,10-11H2,1-3H3. The maximum Gasteiger partial charge on any atom is 0.410 e. The minimum atomic E-state index is -4.92. The molecule has 0 bridgehead atoms. The van der Waals surface area contributed by atoms with Gasteiger partial charge in [0.15, 0.2) is 0 Å². The third-order valence-electron chi connectivity index (χ3n) is 4.61. The number of alkyl halides is 3. The van der Waals surface area contributed by atoms with Gasteiger partial charge in [-0.15, -0.1) is 11.3 Å². The zero-order valence-electron chi connectivity index (χ0n) is 17.4.